The summed E-state index contributed by atoms with van der Waals surface area (Å²) in [6, 6.07) is 4.22. The van der Waals surface area contributed by atoms with E-state index in [-0.39, 0.29) is 28.4 Å². The number of sulfonamides is 1. The van der Waals surface area contributed by atoms with Crippen molar-refractivity contribution in [3.63, 3.8) is 0 Å². The van der Waals surface area contributed by atoms with Crippen molar-refractivity contribution in [1.82, 2.24) is 14.5 Å². The van der Waals surface area contributed by atoms with Gasteiger partial charge in [0.15, 0.2) is 0 Å². The molecule has 1 aromatic rings. The van der Waals surface area contributed by atoms with Gasteiger partial charge in [0.25, 0.3) is 0 Å². The van der Waals surface area contributed by atoms with E-state index in [2.05, 4.69) is 10.2 Å². The predicted octanol–water partition coefficient (Wildman–Crippen LogP) is 2.12. The van der Waals surface area contributed by atoms with Crippen LogP contribution in [0.4, 0.5) is 0 Å². The van der Waals surface area contributed by atoms with Gasteiger partial charge in [-0.3, -0.25) is 9.69 Å². The highest BCUT2D eigenvalue weighted by Crippen LogP contribution is 2.31. The first-order chi connectivity index (χ1) is 14.9. The van der Waals surface area contributed by atoms with E-state index in [9.17, 15) is 13.2 Å². The summed E-state index contributed by atoms with van der Waals surface area (Å²) in [4.78, 5) is 15.0. The van der Waals surface area contributed by atoms with Crippen molar-refractivity contribution in [2.45, 2.75) is 43.0 Å². The Morgan fingerprint density at radius 2 is 1.97 bits per heavy atom. The number of carbonyl (C=O) groups excluding carboxylic acids is 1. The Morgan fingerprint density at radius 3 is 2.61 bits per heavy atom. The summed E-state index contributed by atoms with van der Waals surface area (Å²) in [5.74, 6) is 0.118. The van der Waals surface area contributed by atoms with E-state index in [4.69, 9.17) is 21.1 Å². The van der Waals surface area contributed by atoms with Gasteiger partial charge in [-0.05, 0) is 31.0 Å². The summed E-state index contributed by atoms with van der Waals surface area (Å²) >= 11 is 6.17. The maximum atomic E-state index is 13.5. The van der Waals surface area contributed by atoms with Crippen LogP contribution in [0.25, 0.3) is 0 Å². The lowest BCUT2D eigenvalue weighted by Gasteiger charge is -2.33. The first-order valence-corrected chi connectivity index (χ1v) is 12.7. The maximum absolute atomic E-state index is 13.5. The van der Waals surface area contributed by atoms with Crippen molar-refractivity contribution >= 4 is 27.5 Å². The van der Waals surface area contributed by atoms with E-state index < -0.39 is 10.0 Å². The van der Waals surface area contributed by atoms with Crippen LogP contribution < -0.4 is 10.1 Å². The van der Waals surface area contributed by atoms with Crippen LogP contribution in [0.3, 0.4) is 0 Å². The molecule has 10 heteroatoms. The number of hydrogen-bond acceptors (Lipinski definition) is 6. The van der Waals surface area contributed by atoms with Crippen LogP contribution >= 0.6 is 11.6 Å². The van der Waals surface area contributed by atoms with E-state index in [0.29, 0.717) is 25.5 Å². The van der Waals surface area contributed by atoms with Crippen LogP contribution in [0.1, 0.15) is 32.1 Å². The molecule has 174 valence electrons. The number of nitrogens with one attached hydrogen (secondary N) is 1. The second kappa shape index (κ2) is 11.5. The summed E-state index contributed by atoms with van der Waals surface area (Å²) < 4.78 is 38.7. The summed E-state index contributed by atoms with van der Waals surface area (Å²) in [7, 11) is -2.41. The second-order valence-corrected chi connectivity index (χ2v) is 10.2. The fourth-order valence-corrected chi connectivity index (χ4v) is 6.09. The third kappa shape index (κ3) is 6.55. The second-order valence-electron chi connectivity index (χ2n) is 7.94. The lowest BCUT2D eigenvalue weighted by molar-refractivity contribution is -0.121. The van der Waals surface area contributed by atoms with Gasteiger partial charge in [-0.1, -0.05) is 30.9 Å². The summed E-state index contributed by atoms with van der Waals surface area (Å²) in [6.45, 7) is 4.09. The van der Waals surface area contributed by atoms with Crippen LogP contribution in [0.15, 0.2) is 23.1 Å². The lowest BCUT2D eigenvalue weighted by Crippen LogP contribution is -2.48. The molecule has 8 nitrogen and oxygen atoms in total. The third-order valence-corrected chi connectivity index (χ3v) is 8.05. The molecular formula is C21H32ClN3O5S. The summed E-state index contributed by atoms with van der Waals surface area (Å²) in [5.41, 5.74) is 0. The smallest absolute Gasteiger partial charge is 0.243 e. The molecule has 1 saturated heterocycles. The molecule has 1 heterocycles. The van der Waals surface area contributed by atoms with Crippen LogP contribution in [0, 0.1) is 0 Å². The van der Waals surface area contributed by atoms with Crippen LogP contribution in [0.5, 0.6) is 5.75 Å². The molecule has 0 spiro atoms. The minimum atomic E-state index is -3.88. The fraction of sp³-hybridized carbons (Fsp3) is 0.667. The highest BCUT2D eigenvalue weighted by molar-refractivity contribution is 7.89. The molecule has 0 aromatic heterocycles. The first-order valence-electron chi connectivity index (χ1n) is 10.8. The minimum absolute atomic E-state index is 0.0741. The van der Waals surface area contributed by atoms with Gasteiger partial charge in [0.1, 0.15) is 5.75 Å². The zero-order valence-electron chi connectivity index (χ0n) is 18.0. The number of amides is 1. The number of ether oxygens (including phenoxy) is 2. The Labute approximate surface area is 189 Å². The van der Waals surface area contributed by atoms with Gasteiger partial charge in [0, 0.05) is 32.2 Å². The van der Waals surface area contributed by atoms with Crippen LogP contribution in [-0.2, 0) is 19.6 Å². The quantitative estimate of drug-likeness (QED) is 0.591. The van der Waals surface area contributed by atoms with Gasteiger partial charge in [-0.25, -0.2) is 8.42 Å². The fourth-order valence-electron chi connectivity index (χ4n) is 4.10. The van der Waals surface area contributed by atoms with Crippen molar-refractivity contribution in [2.75, 3.05) is 53.0 Å². The molecule has 31 heavy (non-hydrogen) atoms. The Kier molecular flexibility index (Phi) is 8.97. The normalized spacial score (nSPS) is 18.8. The Hall–Kier alpha value is -1.39. The maximum Gasteiger partial charge on any atom is 0.243 e. The number of halogens is 1. The number of morpholine rings is 1. The monoisotopic (exact) mass is 473 g/mol. The van der Waals surface area contributed by atoms with Crippen LogP contribution in [0.2, 0.25) is 5.02 Å². The van der Waals surface area contributed by atoms with Gasteiger partial charge < -0.3 is 14.8 Å². The topological polar surface area (TPSA) is 88.2 Å². The average molecular weight is 474 g/mol. The number of benzene rings is 1. The molecule has 1 aliphatic heterocycles. The van der Waals surface area contributed by atoms with Gasteiger partial charge >= 0.3 is 0 Å². The molecule has 2 aliphatic rings. The molecule has 1 amide bonds. The third-order valence-electron chi connectivity index (χ3n) is 5.87. The molecule has 1 N–H and O–H groups in total. The molecule has 0 radical (unpaired) electrons. The number of methoxy groups -OCH3 is 1. The summed E-state index contributed by atoms with van der Waals surface area (Å²) in [6.07, 6.45) is 4.51. The first kappa shape index (κ1) is 24.3. The van der Waals surface area contributed by atoms with E-state index in [1.54, 1.807) is 0 Å². The van der Waals surface area contributed by atoms with Crippen molar-refractivity contribution in [3.05, 3.63) is 23.2 Å². The minimum Gasteiger partial charge on any atom is -0.495 e. The van der Waals surface area contributed by atoms with Gasteiger partial charge in [0.05, 0.1) is 36.8 Å². The largest absolute Gasteiger partial charge is 0.495 e. The van der Waals surface area contributed by atoms with Gasteiger partial charge in [-0.15, -0.1) is 0 Å². The van der Waals surface area contributed by atoms with Crippen molar-refractivity contribution < 1.29 is 22.7 Å². The van der Waals surface area contributed by atoms with E-state index in [1.807, 2.05) is 0 Å². The van der Waals surface area contributed by atoms with Crippen molar-refractivity contribution in [3.8, 4) is 5.75 Å². The average Bonchev–Trinajstić information content (AvgIpc) is 2.78. The molecule has 1 aromatic carbocycles. The Bertz CT molecular complexity index is 839. The molecular weight excluding hydrogens is 442 g/mol. The molecule has 0 bridgehead atoms. The molecule has 1 aliphatic carbocycles. The number of hydrogen-bond donors (Lipinski definition) is 1. The Morgan fingerprint density at radius 1 is 1.26 bits per heavy atom. The SMILES string of the molecule is COc1ccc(S(=O)(=O)N(CC(=O)NCCN2CCOCC2)C2CCCCC2)cc1Cl. The molecule has 0 unspecified atom stereocenters. The highest BCUT2D eigenvalue weighted by atomic mass is 35.5. The standard InChI is InChI=1S/C21H32ClN3O5S/c1-29-20-8-7-18(15-19(20)22)31(27,28)25(17-5-3-2-4-6-17)16-21(26)23-9-10-24-11-13-30-14-12-24/h7-8,15,17H,2-6,9-14,16H2,1H3,(H,23,26). The van der Waals surface area contributed by atoms with Crippen molar-refractivity contribution in [2.24, 2.45) is 0 Å². The Balaban J connectivity index is 1.69. The van der Waals surface area contributed by atoms with Crippen LogP contribution in [-0.4, -0.2) is 82.6 Å². The lowest BCUT2D eigenvalue weighted by atomic mass is 9.95. The number of nitrogens with zero attached hydrogens (tertiary/aromatic N) is 2. The predicted molar refractivity (Wildman–Crippen MR) is 119 cm³/mol. The summed E-state index contributed by atoms with van der Waals surface area (Å²) in [5, 5.41) is 3.10. The van der Waals surface area contributed by atoms with E-state index in [0.717, 1.165) is 51.7 Å². The molecule has 2 fully saturated rings. The van der Waals surface area contributed by atoms with Gasteiger partial charge in [0.2, 0.25) is 15.9 Å². The molecule has 3 rings (SSSR count). The molecule has 0 atom stereocenters. The van der Waals surface area contributed by atoms with Gasteiger partial charge in [-0.2, -0.15) is 4.31 Å². The zero-order chi connectivity index (χ0) is 22.3. The van der Waals surface area contributed by atoms with E-state index >= 15 is 0 Å². The van der Waals surface area contributed by atoms with Crippen molar-refractivity contribution in [1.29, 1.82) is 0 Å². The zero-order valence-corrected chi connectivity index (χ0v) is 19.6. The molecule has 1 saturated carbocycles. The van der Waals surface area contributed by atoms with E-state index in [1.165, 1.54) is 29.6 Å². The number of rotatable bonds is 9. The number of carbonyl (C=O) groups is 1. The highest BCUT2D eigenvalue weighted by Gasteiger charge is 2.34.